The summed E-state index contributed by atoms with van der Waals surface area (Å²) >= 11 is 0. The molecular formula is C20H34N6O9. The monoisotopic (exact) mass is 502 g/mol. The van der Waals surface area contributed by atoms with Crippen molar-refractivity contribution in [2.45, 2.75) is 76.5 Å². The first-order valence-corrected chi connectivity index (χ1v) is 10.9. The predicted molar refractivity (Wildman–Crippen MR) is 120 cm³/mol. The van der Waals surface area contributed by atoms with Gasteiger partial charge in [-0.25, -0.2) is 4.79 Å². The van der Waals surface area contributed by atoms with E-state index in [9.17, 15) is 33.6 Å². The fourth-order valence-corrected chi connectivity index (χ4v) is 2.81. The normalized spacial score (nSPS) is 14.9. The molecule has 0 rings (SSSR count). The van der Waals surface area contributed by atoms with Gasteiger partial charge >= 0.3 is 11.9 Å². The zero-order chi connectivity index (χ0) is 27.3. The van der Waals surface area contributed by atoms with Crippen molar-refractivity contribution in [2.24, 2.45) is 23.1 Å². The van der Waals surface area contributed by atoms with Crippen molar-refractivity contribution < 1.29 is 43.8 Å². The molecule has 0 fully saturated rings. The molecule has 0 aromatic carbocycles. The summed E-state index contributed by atoms with van der Waals surface area (Å²) in [5.41, 5.74) is 16.1. The Balaban J connectivity index is 5.69. The smallest absolute Gasteiger partial charge is 0.326 e. The largest absolute Gasteiger partial charge is 0.481 e. The van der Waals surface area contributed by atoms with Gasteiger partial charge in [-0.3, -0.25) is 28.8 Å². The topological polar surface area (TPSA) is 274 Å². The van der Waals surface area contributed by atoms with Gasteiger partial charge < -0.3 is 43.4 Å². The maximum Gasteiger partial charge on any atom is 0.326 e. The predicted octanol–water partition coefficient (Wildman–Crippen LogP) is -3.10. The van der Waals surface area contributed by atoms with Crippen LogP contribution in [0.5, 0.6) is 0 Å². The molecule has 15 nitrogen and oxygen atoms in total. The summed E-state index contributed by atoms with van der Waals surface area (Å²) in [6.45, 7) is 3.54. The molecule has 0 aromatic heterocycles. The standard InChI is InChI=1S/C20H34N6O9/c1-3-9(2)16(23)19(33)25-11(5-7-14(22)28)17(31)24-10(4-6-13(21)27)18(32)26-12(20(34)35)8-15(29)30/h9-12,16H,3-8,23H2,1-2H3,(H2,21,27)(H2,22,28)(H,24,31)(H,25,33)(H,26,32)(H,29,30)(H,34,35). The van der Waals surface area contributed by atoms with E-state index in [1.54, 1.807) is 6.92 Å². The Morgan fingerprint density at radius 3 is 1.49 bits per heavy atom. The maximum absolute atomic E-state index is 12.9. The van der Waals surface area contributed by atoms with Gasteiger partial charge in [0.05, 0.1) is 12.5 Å². The van der Waals surface area contributed by atoms with E-state index in [-0.39, 0.29) is 31.6 Å². The lowest BCUT2D eigenvalue weighted by atomic mass is 9.98. The number of nitrogens with two attached hydrogens (primary N) is 3. The second-order valence-electron chi connectivity index (χ2n) is 8.04. The first kappa shape index (κ1) is 31.2. The highest BCUT2D eigenvalue weighted by molar-refractivity contribution is 5.95. The van der Waals surface area contributed by atoms with Crippen molar-refractivity contribution in [1.82, 2.24) is 16.0 Å². The second kappa shape index (κ2) is 15.2. The third-order valence-electron chi connectivity index (χ3n) is 5.18. The molecule has 5 unspecified atom stereocenters. The van der Waals surface area contributed by atoms with Gasteiger partial charge in [0.15, 0.2) is 0 Å². The number of carbonyl (C=O) groups excluding carboxylic acids is 5. The van der Waals surface area contributed by atoms with Crippen LogP contribution in [0, 0.1) is 5.92 Å². The average Bonchev–Trinajstić information content (AvgIpc) is 2.76. The molecule has 0 heterocycles. The molecule has 0 saturated heterocycles. The number of rotatable bonds is 17. The molecule has 0 aliphatic carbocycles. The lowest BCUT2D eigenvalue weighted by Crippen LogP contribution is -2.58. The Hall–Kier alpha value is -3.75. The van der Waals surface area contributed by atoms with Crippen LogP contribution in [0.25, 0.3) is 0 Å². The third kappa shape index (κ3) is 12.3. The molecule has 0 radical (unpaired) electrons. The number of primary amides is 2. The number of hydrogen-bond acceptors (Lipinski definition) is 8. The van der Waals surface area contributed by atoms with E-state index < -0.39 is 72.1 Å². The minimum Gasteiger partial charge on any atom is -0.481 e. The van der Waals surface area contributed by atoms with E-state index in [4.69, 9.17) is 27.4 Å². The number of aliphatic carboxylic acids is 2. The molecule has 15 heteroatoms. The van der Waals surface area contributed by atoms with Crippen LogP contribution in [0.15, 0.2) is 0 Å². The van der Waals surface area contributed by atoms with Crippen LogP contribution in [0.4, 0.5) is 0 Å². The van der Waals surface area contributed by atoms with Crippen LogP contribution in [0.2, 0.25) is 0 Å². The molecule has 11 N–H and O–H groups in total. The fourth-order valence-electron chi connectivity index (χ4n) is 2.81. The molecule has 0 bridgehead atoms. The number of nitrogens with one attached hydrogen (secondary N) is 3. The quantitative estimate of drug-likeness (QED) is 0.0991. The molecule has 0 saturated carbocycles. The molecule has 0 aliphatic rings. The van der Waals surface area contributed by atoms with Gasteiger partial charge in [-0.2, -0.15) is 0 Å². The van der Waals surface area contributed by atoms with E-state index in [0.717, 1.165) is 0 Å². The molecule has 0 aromatic rings. The highest BCUT2D eigenvalue weighted by atomic mass is 16.4. The van der Waals surface area contributed by atoms with Gasteiger partial charge in [-0.1, -0.05) is 20.3 Å². The van der Waals surface area contributed by atoms with Gasteiger partial charge in [-0.05, 0) is 18.8 Å². The minimum atomic E-state index is -1.81. The molecular weight excluding hydrogens is 468 g/mol. The van der Waals surface area contributed by atoms with Crippen LogP contribution in [-0.4, -0.2) is 75.9 Å². The zero-order valence-electron chi connectivity index (χ0n) is 19.6. The maximum atomic E-state index is 12.9. The van der Waals surface area contributed by atoms with Crippen molar-refractivity contribution >= 4 is 41.5 Å². The third-order valence-corrected chi connectivity index (χ3v) is 5.18. The summed E-state index contributed by atoms with van der Waals surface area (Å²) in [5.74, 6) is -7.66. The Bertz CT molecular complexity index is 819. The van der Waals surface area contributed by atoms with Gasteiger partial charge in [0.1, 0.15) is 18.1 Å². The highest BCUT2D eigenvalue weighted by Crippen LogP contribution is 2.08. The Morgan fingerprint density at radius 2 is 1.14 bits per heavy atom. The van der Waals surface area contributed by atoms with E-state index in [2.05, 4.69) is 10.6 Å². The summed E-state index contributed by atoms with van der Waals surface area (Å²) in [5, 5.41) is 24.6. The summed E-state index contributed by atoms with van der Waals surface area (Å²) in [6.07, 6.45) is -1.64. The lowest BCUT2D eigenvalue weighted by Gasteiger charge is -2.25. The van der Waals surface area contributed by atoms with Crippen LogP contribution in [0.3, 0.4) is 0 Å². The van der Waals surface area contributed by atoms with Crippen LogP contribution in [0.1, 0.15) is 52.4 Å². The average molecular weight is 503 g/mol. The van der Waals surface area contributed by atoms with Crippen molar-refractivity contribution in [1.29, 1.82) is 0 Å². The molecule has 0 aliphatic heterocycles. The van der Waals surface area contributed by atoms with Gasteiger partial charge in [0.25, 0.3) is 0 Å². The lowest BCUT2D eigenvalue weighted by molar-refractivity contribution is -0.147. The number of carbonyl (C=O) groups is 7. The summed E-state index contributed by atoms with van der Waals surface area (Å²) < 4.78 is 0. The second-order valence-corrected chi connectivity index (χ2v) is 8.04. The number of amides is 5. The number of carboxylic acid groups (broad SMARTS) is 2. The van der Waals surface area contributed by atoms with E-state index in [1.165, 1.54) is 0 Å². The molecule has 35 heavy (non-hydrogen) atoms. The molecule has 5 atom stereocenters. The van der Waals surface area contributed by atoms with Crippen molar-refractivity contribution in [3.8, 4) is 0 Å². The van der Waals surface area contributed by atoms with Crippen LogP contribution in [-0.2, 0) is 33.6 Å². The van der Waals surface area contributed by atoms with E-state index >= 15 is 0 Å². The van der Waals surface area contributed by atoms with Crippen LogP contribution < -0.4 is 33.2 Å². The van der Waals surface area contributed by atoms with Crippen molar-refractivity contribution in [3.63, 3.8) is 0 Å². The minimum absolute atomic E-state index is 0.230. The molecule has 198 valence electrons. The van der Waals surface area contributed by atoms with E-state index in [1.807, 2.05) is 12.2 Å². The summed E-state index contributed by atoms with van der Waals surface area (Å²) in [7, 11) is 0. The first-order valence-electron chi connectivity index (χ1n) is 10.9. The Morgan fingerprint density at radius 1 is 0.743 bits per heavy atom. The van der Waals surface area contributed by atoms with Gasteiger partial charge in [0.2, 0.25) is 29.5 Å². The van der Waals surface area contributed by atoms with Gasteiger partial charge in [0, 0.05) is 12.8 Å². The molecule has 5 amide bonds. The fraction of sp³-hybridized carbons (Fsp3) is 0.650. The molecule has 0 spiro atoms. The van der Waals surface area contributed by atoms with Crippen molar-refractivity contribution in [2.75, 3.05) is 0 Å². The SMILES string of the molecule is CCC(C)C(N)C(=O)NC(CCC(N)=O)C(=O)NC(CCC(N)=O)C(=O)NC(CC(=O)O)C(=O)O. The summed E-state index contributed by atoms with van der Waals surface area (Å²) in [6, 6.07) is -5.64. The highest BCUT2D eigenvalue weighted by Gasteiger charge is 2.32. The first-order chi connectivity index (χ1) is 16.2. The Kier molecular flexibility index (Phi) is 13.6. The van der Waals surface area contributed by atoms with Crippen molar-refractivity contribution in [3.05, 3.63) is 0 Å². The summed E-state index contributed by atoms with van der Waals surface area (Å²) in [4.78, 5) is 82.5. The number of carboxylic acids is 2. The zero-order valence-corrected chi connectivity index (χ0v) is 19.6. The van der Waals surface area contributed by atoms with E-state index in [0.29, 0.717) is 6.42 Å². The van der Waals surface area contributed by atoms with Crippen LogP contribution >= 0.6 is 0 Å². The Labute approximate surface area is 201 Å². The van der Waals surface area contributed by atoms with Gasteiger partial charge in [-0.15, -0.1) is 0 Å². The number of hydrogen-bond donors (Lipinski definition) is 8.